The molecule has 14 heteroatoms. The van der Waals surface area contributed by atoms with E-state index in [0.29, 0.717) is 0 Å². The van der Waals surface area contributed by atoms with Crippen LogP contribution in [0.5, 0.6) is 23.0 Å². The first-order valence-electron chi connectivity index (χ1n) is 14.3. The predicted molar refractivity (Wildman–Crippen MR) is 155 cm³/mol. The molecule has 2 aromatic rings. The van der Waals surface area contributed by atoms with Gasteiger partial charge in [0.2, 0.25) is 0 Å². The number of rotatable bonds is 3. The van der Waals surface area contributed by atoms with Gasteiger partial charge in [0.25, 0.3) is 11.2 Å². The first-order valence-corrected chi connectivity index (χ1v) is 14.3. The first-order chi connectivity index (χ1) is 21.7. The number of benzene rings is 2. The lowest BCUT2D eigenvalue weighted by Gasteiger charge is -2.46. The highest BCUT2D eigenvalue weighted by molar-refractivity contribution is 6.14. The van der Waals surface area contributed by atoms with E-state index in [1.807, 2.05) is 0 Å². The highest BCUT2D eigenvalue weighted by Gasteiger charge is 2.64. The molecule has 6 atom stereocenters. The maximum absolute atomic E-state index is 13.3. The van der Waals surface area contributed by atoms with Gasteiger partial charge in [0.05, 0.1) is 25.4 Å². The fraction of sp³-hybridized carbons (Fsp3) is 0.375. The Hall–Kier alpha value is -5.08. The molecular formula is C32H30O14. The fourth-order valence-electron chi connectivity index (χ4n) is 7.00. The molecule has 6 rings (SSSR count). The van der Waals surface area contributed by atoms with Gasteiger partial charge in [-0.15, -0.1) is 0 Å². The average Bonchev–Trinajstić information content (AvgIpc) is 3.01. The van der Waals surface area contributed by atoms with Crippen molar-refractivity contribution in [3.63, 3.8) is 0 Å². The predicted octanol–water partition coefficient (Wildman–Crippen LogP) is 1.85. The number of methoxy groups -OCH3 is 2. The summed E-state index contributed by atoms with van der Waals surface area (Å²) in [5.74, 6) is -9.21. The third-order valence-electron chi connectivity index (χ3n) is 9.25. The minimum Gasteiger partial charge on any atom is -0.507 e. The summed E-state index contributed by atoms with van der Waals surface area (Å²) in [7, 11) is 2.01. The minimum absolute atomic E-state index is 0.105. The first kappa shape index (κ1) is 30.9. The topological polar surface area (TPSA) is 227 Å². The van der Waals surface area contributed by atoms with Gasteiger partial charge in [-0.25, -0.2) is 9.59 Å². The molecule has 6 N–H and O–H groups in total. The lowest BCUT2D eigenvalue weighted by molar-refractivity contribution is -0.173. The van der Waals surface area contributed by atoms with Crippen molar-refractivity contribution in [2.75, 3.05) is 14.2 Å². The number of carbonyl (C=O) groups excluding carboxylic acids is 4. The van der Waals surface area contributed by atoms with E-state index in [4.69, 9.17) is 18.9 Å². The lowest BCUT2D eigenvalue weighted by atomic mass is 9.69. The smallest absolute Gasteiger partial charge is 0.358 e. The number of esters is 2. The molecule has 2 saturated carbocycles. The summed E-state index contributed by atoms with van der Waals surface area (Å²) in [6.45, 7) is 3.01. The molecule has 4 aliphatic rings. The summed E-state index contributed by atoms with van der Waals surface area (Å²) in [6, 6.07) is 4.83. The van der Waals surface area contributed by atoms with Crippen LogP contribution in [0, 0.1) is 11.8 Å². The zero-order valence-corrected chi connectivity index (χ0v) is 25.0. The quantitative estimate of drug-likeness (QED) is 0.264. The third-order valence-corrected chi connectivity index (χ3v) is 9.25. The van der Waals surface area contributed by atoms with Crippen molar-refractivity contribution < 1.29 is 68.8 Å². The molecule has 0 unspecified atom stereocenters. The normalized spacial score (nSPS) is 29.9. The second kappa shape index (κ2) is 10.2. The van der Waals surface area contributed by atoms with Crippen LogP contribution in [0.1, 0.15) is 37.8 Å². The summed E-state index contributed by atoms with van der Waals surface area (Å²) in [5.41, 5.74) is -7.36. The molecule has 46 heavy (non-hydrogen) atoms. The van der Waals surface area contributed by atoms with E-state index in [0.717, 1.165) is 20.3 Å². The average molecular weight is 639 g/mol. The number of hydrogen-bond donors (Lipinski definition) is 6. The Morgan fingerprint density at radius 2 is 1.22 bits per heavy atom. The molecule has 2 heterocycles. The van der Waals surface area contributed by atoms with Crippen LogP contribution in [0.25, 0.3) is 22.6 Å². The standard InChI is InChI=1S/C32H30O14/c1-11-9-17(35)22-25(38)20-18(45-31(22,27(11)39)29(41)43-3)8-6-13(23(20)36)14-5-7-15(33)19-24(37)21-16(34)10-12(2)28(40)32(21,30(42)44-4)46-26(14)19/h5-8,11-12,27-28,33,36-40H,9-10H2,1-4H3/t11-,12-,27+,28+,31+,32+/m1/s1. The SMILES string of the molecule is COC(=O)[C@]12Oc3ccc(-c4ccc(O)c5c4O[C@@]4(C(=O)OC)C(=C5O)C(=O)C[C@@H](C)[C@@H]4O)c(O)c3C(O)=C1C(=O)C[C@@H](C)[C@@H]2O. The molecule has 0 spiro atoms. The summed E-state index contributed by atoms with van der Waals surface area (Å²) in [6.07, 6.45) is -3.83. The van der Waals surface area contributed by atoms with E-state index < -0.39 is 110 Å². The van der Waals surface area contributed by atoms with Crippen molar-refractivity contribution in [3.8, 4) is 34.1 Å². The van der Waals surface area contributed by atoms with Gasteiger partial charge in [0, 0.05) is 24.0 Å². The van der Waals surface area contributed by atoms with Crippen molar-refractivity contribution >= 4 is 35.0 Å². The molecule has 2 fully saturated rings. The molecule has 0 bridgehead atoms. The second-order valence-electron chi connectivity index (χ2n) is 11.9. The zero-order chi connectivity index (χ0) is 33.6. The van der Waals surface area contributed by atoms with E-state index in [1.165, 1.54) is 32.0 Å². The molecule has 2 aromatic carbocycles. The van der Waals surface area contributed by atoms with Crippen LogP contribution < -0.4 is 9.47 Å². The highest BCUT2D eigenvalue weighted by atomic mass is 16.6. The van der Waals surface area contributed by atoms with Crippen LogP contribution in [0.2, 0.25) is 0 Å². The Labute approximate surface area is 260 Å². The molecule has 2 aliphatic carbocycles. The van der Waals surface area contributed by atoms with Crippen LogP contribution >= 0.6 is 0 Å². The maximum Gasteiger partial charge on any atom is 0.358 e. The number of aliphatic hydroxyl groups excluding tert-OH is 4. The van der Waals surface area contributed by atoms with Crippen LogP contribution in [0.3, 0.4) is 0 Å². The molecule has 242 valence electrons. The van der Waals surface area contributed by atoms with Crippen molar-refractivity contribution in [2.45, 2.75) is 50.1 Å². The van der Waals surface area contributed by atoms with Crippen LogP contribution in [-0.4, -0.2) is 91.8 Å². The number of ether oxygens (including phenoxy) is 4. The van der Waals surface area contributed by atoms with E-state index in [9.17, 15) is 49.8 Å². The van der Waals surface area contributed by atoms with Gasteiger partial charge in [-0.2, -0.15) is 0 Å². The second-order valence-corrected chi connectivity index (χ2v) is 11.9. The lowest BCUT2D eigenvalue weighted by Crippen LogP contribution is -2.64. The van der Waals surface area contributed by atoms with Gasteiger partial charge in [0.1, 0.15) is 57.9 Å². The van der Waals surface area contributed by atoms with Gasteiger partial charge in [0.15, 0.2) is 11.6 Å². The van der Waals surface area contributed by atoms with Gasteiger partial charge >= 0.3 is 11.9 Å². The Kier molecular flexibility index (Phi) is 6.87. The van der Waals surface area contributed by atoms with Crippen molar-refractivity contribution in [2.24, 2.45) is 11.8 Å². The molecule has 0 aromatic heterocycles. The summed E-state index contributed by atoms with van der Waals surface area (Å²) in [4.78, 5) is 52.7. The number of aromatic hydroxyl groups is 2. The number of aliphatic hydroxyl groups is 4. The number of phenols is 2. The highest BCUT2D eigenvalue weighted by Crippen LogP contribution is 2.56. The van der Waals surface area contributed by atoms with Gasteiger partial charge in [-0.3, -0.25) is 9.59 Å². The van der Waals surface area contributed by atoms with Crippen LogP contribution in [-0.2, 0) is 28.7 Å². The van der Waals surface area contributed by atoms with Crippen molar-refractivity contribution in [1.29, 1.82) is 0 Å². The molecule has 14 nitrogen and oxygen atoms in total. The number of phenolic OH excluding ortho intramolecular Hbond substituents is 2. The molecule has 0 amide bonds. The van der Waals surface area contributed by atoms with Gasteiger partial charge in [-0.05, 0) is 36.1 Å². The monoisotopic (exact) mass is 638 g/mol. The maximum atomic E-state index is 13.3. The summed E-state index contributed by atoms with van der Waals surface area (Å²) >= 11 is 0. The van der Waals surface area contributed by atoms with Crippen molar-refractivity contribution in [3.05, 3.63) is 46.5 Å². The Morgan fingerprint density at radius 3 is 1.74 bits per heavy atom. The molecule has 2 aliphatic heterocycles. The molecule has 0 radical (unpaired) electrons. The number of carbonyl (C=O) groups is 4. The number of fused-ring (bicyclic) bond motifs is 4. The van der Waals surface area contributed by atoms with E-state index in [-0.39, 0.29) is 29.7 Å². The largest absolute Gasteiger partial charge is 0.507 e. The zero-order valence-electron chi connectivity index (χ0n) is 25.0. The molecular weight excluding hydrogens is 608 g/mol. The number of ketones is 2. The third kappa shape index (κ3) is 3.70. The Balaban J connectivity index is 1.61. The van der Waals surface area contributed by atoms with Gasteiger partial charge < -0.3 is 49.6 Å². The van der Waals surface area contributed by atoms with Crippen molar-refractivity contribution in [1.82, 2.24) is 0 Å². The number of Topliss-reactive ketones (excluding diaryl/α,β-unsaturated/α-hetero) is 2. The van der Waals surface area contributed by atoms with E-state index in [1.54, 1.807) is 0 Å². The Morgan fingerprint density at radius 1 is 0.739 bits per heavy atom. The van der Waals surface area contributed by atoms with E-state index >= 15 is 0 Å². The summed E-state index contributed by atoms with van der Waals surface area (Å²) in [5, 5.41) is 67.5. The fourth-order valence-corrected chi connectivity index (χ4v) is 7.00. The number of hydrogen-bond acceptors (Lipinski definition) is 14. The van der Waals surface area contributed by atoms with Crippen LogP contribution in [0.15, 0.2) is 35.4 Å². The Bertz CT molecular complexity index is 1820. The molecule has 0 saturated heterocycles. The van der Waals surface area contributed by atoms with Gasteiger partial charge in [-0.1, -0.05) is 13.8 Å². The van der Waals surface area contributed by atoms with E-state index in [2.05, 4.69) is 0 Å². The summed E-state index contributed by atoms with van der Waals surface area (Å²) < 4.78 is 21.8. The van der Waals surface area contributed by atoms with Crippen LogP contribution in [0.4, 0.5) is 0 Å². The minimum atomic E-state index is -2.55.